The number of aromatic nitrogens is 1. The number of hydrogen-bond acceptors (Lipinski definition) is 4. The fourth-order valence-corrected chi connectivity index (χ4v) is 1.73. The standard InChI is InChI=1S/C7H11BrN2OS/c1-10(2)3-4-11-7-9-6(8)5-12-7/h5H,3-4H2,1-2H3. The minimum atomic E-state index is 0.687. The molecule has 0 atom stereocenters. The van der Waals surface area contributed by atoms with Crippen molar-refractivity contribution >= 4 is 27.3 Å². The van der Waals surface area contributed by atoms with Crippen LogP contribution in [0, 0.1) is 0 Å². The molecule has 3 nitrogen and oxygen atoms in total. The number of nitrogens with zero attached hydrogens (tertiary/aromatic N) is 2. The normalized spacial score (nSPS) is 10.7. The van der Waals surface area contributed by atoms with Crippen molar-refractivity contribution < 1.29 is 4.74 Å². The topological polar surface area (TPSA) is 25.4 Å². The lowest BCUT2D eigenvalue weighted by Gasteiger charge is -2.08. The van der Waals surface area contributed by atoms with E-state index in [4.69, 9.17) is 4.74 Å². The molecule has 0 bridgehead atoms. The molecule has 1 rings (SSSR count). The highest BCUT2D eigenvalue weighted by Crippen LogP contribution is 2.21. The molecule has 68 valence electrons. The Hall–Kier alpha value is -0.130. The third-order valence-corrected chi connectivity index (χ3v) is 2.68. The monoisotopic (exact) mass is 250 g/mol. The van der Waals surface area contributed by atoms with Gasteiger partial charge in [-0.3, -0.25) is 0 Å². The first-order valence-electron chi connectivity index (χ1n) is 3.57. The van der Waals surface area contributed by atoms with E-state index in [0.717, 1.165) is 16.3 Å². The predicted molar refractivity (Wildman–Crippen MR) is 53.9 cm³/mol. The van der Waals surface area contributed by atoms with E-state index in [9.17, 15) is 0 Å². The number of hydrogen-bond donors (Lipinski definition) is 0. The quantitative estimate of drug-likeness (QED) is 0.816. The van der Waals surface area contributed by atoms with E-state index in [-0.39, 0.29) is 0 Å². The average molecular weight is 251 g/mol. The van der Waals surface area contributed by atoms with E-state index in [1.807, 2.05) is 19.5 Å². The van der Waals surface area contributed by atoms with Crippen LogP contribution in [0.25, 0.3) is 0 Å². The van der Waals surface area contributed by atoms with E-state index in [0.29, 0.717) is 6.61 Å². The number of ether oxygens (including phenoxy) is 1. The molecule has 0 spiro atoms. The first kappa shape index (κ1) is 9.95. The lowest BCUT2D eigenvalue weighted by atomic mass is 10.6. The van der Waals surface area contributed by atoms with Crippen LogP contribution in [0.15, 0.2) is 9.98 Å². The van der Waals surface area contributed by atoms with Crippen LogP contribution in [0.3, 0.4) is 0 Å². The maximum Gasteiger partial charge on any atom is 0.274 e. The number of halogens is 1. The molecule has 0 aromatic carbocycles. The molecule has 0 aliphatic carbocycles. The highest BCUT2D eigenvalue weighted by Gasteiger charge is 1.99. The highest BCUT2D eigenvalue weighted by atomic mass is 79.9. The molecule has 1 heterocycles. The molecule has 5 heteroatoms. The smallest absolute Gasteiger partial charge is 0.274 e. The second-order valence-corrected chi connectivity index (χ2v) is 4.22. The van der Waals surface area contributed by atoms with Crippen LogP contribution >= 0.6 is 27.3 Å². The Labute approximate surface area is 84.5 Å². The fourth-order valence-electron chi connectivity index (χ4n) is 0.621. The van der Waals surface area contributed by atoms with Crippen LogP contribution in [0.1, 0.15) is 0 Å². The second kappa shape index (κ2) is 4.79. The maximum absolute atomic E-state index is 5.37. The summed E-state index contributed by atoms with van der Waals surface area (Å²) >= 11 is 4.76. The van der Waals surface area contributed by atoms with Gasteiger partial charge in [0.25, 0.3) is 5.19 Å². The summed E-state index contributed by atoms with van der Waals surface area (Å²) in [6, 6.07) is 0. The van der Waals surface area contributed by atoms with Crippen LogP contribution in [-0.4, -0.2) is 37.1 Å². The third kappa shape index (κ3) is 3.51. The van der Waals surface area contributed by atoms with Gasteiger partial charge in [-0.05, 0) is 30.0 Å². The summed E-state index contributed by atoms with van der Waals surface area (Å²) in [5.74, 6) is 0. The third-order valence-electron chi connectivity index (χ3n) is 1.22. The molecule has 0 unspecified atom stereocenters. The summed E-state index contributed by atoms with van der Waals surface area (Å²) in [5, 5.41) is 2.63. The van der Waals surface area contributed by atoms with Crippen molar-refractivity contribution in [3.63, 3.8) is 0 Å². The minimum Gasteiger partial charge on any atom is -0.469 e. The first-order chi connectivity index (χ1) is 5.68. The van der Waals surface area contributed by atoms with Gasteiger partial charge < -0.3 is 9.64 Å². The van der Waals surface area contributed by atoms with Crippen molar-refractivity contribution in [3.05, 3.63) is 9.98 Å². The summed E-state index contributed by atoms with van der Waals surface area (Å²) in [5.41, 5.74) is 0. The minimum absolute atomic E-state index is 0.687. The van der Waals surface area contributed by atoms with Gasteiger partial charge in [-0.15, -0.1) is 0 Å². The van der Waals surface area contributed by atoms with Crippen LogP contribution in [-0.2, 0) is 0 Å². The second-order valence-electron chi connectivity index (χ2n) is 2.59. The zero-order chi connectivity index (χ0) is 8.97. The Bertz CT molecular complexity index is 239. The molecule has 0 amide bonds. The van der Waals surface area contributed by atoms with Gasteiger partial charge >= 0.3 is 0 Å². The lowest BCUT2D eigenvalue weighted by molar-refractivity contribution is 0.260. The van der Waals surface area contributed by atoms with Gasteiger partial charge in [-0.1, -0.05) is 11.3 Å². The molecule has 12 heavy (non-hydrogen) atoms. The summed E-state index contributed by atoms with van der Waals surface area (Å²) < 4.78 is 6.21. The van der Waals surface area contributed by atoms with Gasteiger partial charge in [0.05, 0.1) is 0 Å². The Kier molecular flexibility index (Phi) is 3.97. The average Bonchev–Trinajstić information content (AvgIpc) is 2.35. The zero-order valence-corrected chi connectivity index (χ0v) is 9.48. The summed E-state index contributed by atoms with van der Waals surface area (Å²) in [6.45, 7) is 1.60. The van der Waals surface area contributed by atoms with E-state index in [2.05, 4.69) is 25.8 Å². The molecule has 0 radical (unpaired) electrons. The predicted octanol–water partition coefficient (Wildman–Crippen LogP) is 1.85. The molecule has 0 N–H and O–H groups in total. The van der Waals surface area contributed by atoms with E-state index in [1.165, 1.54) is 11.3 Å². The summed E-state index contributed by atoms with van der Waals surface area (Å²) in [7, 11) is 4.03. The van der Waals surface area contributed by atoms with Gasteiger partial charge in [-0.2, -0.15) is 4.98 Å². The SMILES string of the molecule is CN(C)CCOc1nc(Br)cs1. The molecule has 0 aliphatic heterocycles. The van der Waals surface area contributed by atoms with Gasteiger partial charge in [0.15, 0.2) is 0 Å². The van der Waals surface area contributed by atoms with E-state index < -0.39 is 0 Å². The van der Waals surface area contributed by atoms with Crippen LogP contribution in [0.5, 0.6) is 5.19 Å². The molecule has 1 aromatic heterocycles. The molecular formula is C7H11BrN2OS. The van der Waals surface area contributed by atoms with Crippen molar-refractivity contribution in [2.24, 2.45) is 0 Å². The Morgan fingerprint density at radius 3 is 2.92 bits per heavy atom. The first-order valence-corrected chi connectivity index (χ1v) is 5.24. The van der Waals surface area contributed by atoms with Crippen molar-refractivity contribution in [1.29, 1.82) is 0 Å². The Balaban J connectivity index is 2.24. The van der Waals surface area contributed by atoms with Crippen LogP contribution in [0.4, 0.5) is 0 Å². The molecule has 0 fully saturated rings. The van der Waals surface area contributed by atoms with E-state index >= 15 is 0 Å². The van der Waals surface area contributed by atoms with Crippen LogP contribution < -0.4 is 4.74 Å². The zero-order valence-electron chi connectivity index (χ0n) is 7.08. The number of likely N-dealkylation sites (N-methyl/N-ethyl adjacent to an activating group) is 1. The van der Waals surface area contributed by atoms with Crippen molar-refractivity contribution in [2.45, 2.75) is 0 Å². The van der Waals surface area contributed by atoms with Gasteiger partial charge in [0.2, 0.25) is 0 Å². The van der Waals surface area contributed by atoms with Crippen molar-refractivity contribution in [2.75, 3.05) is 27.2 Å². The van der Waals surface area contributed by atoms with Gasteiger partial charge in [-0.25, -0.2) is 0 Å². The molecule has 0 saturated heterocycles. The van der Waals surface area contributed by atoms with Crippen molar-refractivity contribution in [1.82, 2.24) is 9.88 Å². The fraction of sp³-hybridized carbons (Fsp3) is 0.571. The highest BCUT2D eigenvalue weighted by molar-refractivity contribution is 9.10. The number of thiazole rings is 1. The maximum atomic E-state index is 5.37. The van der Waals surface area contributed by atoms with Gasteiger partial charge in [0.1, 0.15) is 11.2 Å². The summed E-state index contributed by atoms with van der Waals surface area (Å²) in [6.07, 6.45) is 0. The summed E-state index contributed by atoms with van der Waals surface area (Å²) in [4.78, 5) is 6.17. The molecular weight excluding hydrogens is 240 g/mol. The molecule has 0 aliphatic rings. The number of rotatable bonds is 4. The van der Waals surface area contributed by atoms with Crippen molar-refractivity contribution in [3.8, 4) is 5.19 Å². The molecule has 0 saturated carbocycles. The Morgan fingerprint density at radius 1 is 1.67 bits per heavy atom. The van der Waals surface area contributed by atoms with E-state index in [1.54, 1.807) is 0 Å². The Morgan fingerprint density at radius 2 is 2.42 bits per heavy atom. The van der Waals surface area contributed by atoms with Crippen LogP contribution in [0.2, 0.25) is 0 Å². The van der Waals surface area contributed by atoms with Gasteiger partial charge in [0, 0.05) is 11.9 Å². The lowest BCUT2D eigenvalue weighted by Crippen LogP contribution is -2.19. The largest absolute Gasteiger partial charge is 0.469 e. The molecule has 1 aromatic rings.